The quantitative estimate of drug-likeness (QED) is 0.597. The average Bonchev–Trinajstić information content (AvgIpc) is 2.62. The first-order chi connectivity index (χ1) is 12.5. The minimum absolute atomic E-state index is 0.0244. The highest BCUT2D eigenvalue weighted by atomic mass is 32.2. The molecule has 2 rings (SSSR count). The number of thioether (sulfide) groups is 1. The van der Waals surface area contributed by atoms with Crippen molar-refractivity contribution in [3.05, 3.63) is 59.2 Å². The molecular formula is C22H29NO2S. The van der Waals surface area contributed by atoms with Crippen LogP contribution in [0.15, 0.2) is 42.5 Å². The number of carbonyl (C=O) groups is 1. The third kappa shape index (κ3) is 6.41. The second kappa shape index (κ2) is 10.3. The topological polar surface area (TPSA) is 38.3 Å². The molecule has 26 heavy (non-hydrogen) atoms. The molecular weight excluding hydrogens is 342 g/mol. The zero-order valence-corrected chi connectivity index (χ0v) is 17.0. The normalized spacial score (nSPS) is 10.8. The Labute approximate surface area is 161 Å². The summed E-state index contributed by atoms with van der Waals surface area (Å²) in [6.45, 7) is 9.23. The van der Waals surface area contributed by atoms with Gasteiger partial charge in [-0.1, -0.05) is 39.0 Å². The zero-order chi connectivity index (χ0) is 18.9. The van der Waals surface area contributed by atoms with Crippen molar-refractivity contribution in [2.75, 3.05) is 23.4 Å². The van der Waals surface area contributed by atoms with E-state index in [0.717, 1.165) is 23.6 Å². The lowest BCUT2D eigenvalue weighted by Gasteiger charge is -2.12. The van der Waals surface area contributed by atoms with Crippen LogP contribution in [0.1, 0.15) is 43.4 Å². The van der Waals surface area contributed by atoms with Crippen molar-refractivity contribution < 1.29 is 9.53 Å². The highest BCUT2D eigenvalue weighted by Crippen LogP contribution is 2.23. The Kier molecular flexibility index (Phi) is 8.05. The summed E-state index contributed by atoms with van der Waals surface area (Å²) in [5.74, 6) is 2.66. The molecule has 3 nitrogen and oxygen atoms in total. The van der Waals surface area contributed by atoms with Gasteiger partial charge in [0.1, 0.15) is 5.75 Å². The molecule has 0 unspecified atom stereocenters. The molecule has 2 aromatic rings. The van der Waals surface area contributed by atoms with Crippen LogP contribution in [-0.4, -0.2) is 24.0 Å². The van der Waals surface area contributed by atoms with Gasteiger partial charge in [-0.2, -0.15) is 0 Å². The molecule has 1 N–H and O–H groups in total. The molecule has 0 spiro atoms. The van der Waals surface area contributed by atoms with E-state index in [-0.39, 0.29) is 5.91 Å². The minimum atomic E-state index is 0.0244. The van der Waals surface area contributed by atoms with Crippen molar-refractivity contribution in [3.63, 3.8) is 0 Å². The number of anilines is 1. The van der Waals surface area contributed by atoms with Gasteiger partial charge in [-0.15, -0.1) is 11.8 Å². The lowest BCUT2D eigenvalue weighted by Crippen LogP contribution is -2.15. The van der Waals surface area contributed by atoms with Gasteiger partial charge in [0.2, 0.25) is 5.91 Å². The van der Waals surface area contributed by atoms with Crippen molar-refractivity contribution in [1.29, 1.82) is 0 Å². The molecule has 0 aliphatic carbocycles. The van der Waals surface area contributed by atoms with Crippen LogP contribution in [0.4, 0.5) is 5.69 Å². The summed E-state index contributed by atoms with van der Waals surface area (Å²) in [6.07, 6.45) is 1.00. The van der Waals surface area contributed by atoms with Gasteiger partial charge in [0, 0.05) is 11.4 Å². The first-order valence-electron chi connectivity index (χ1n) is 9.19. The Morgan fingerprint density at radius 1 is 1.15 bits per heavy atom. The van der Waals surface area contributed by atoms with E-state index >= 15 is 0 Å². The van der Waals surface area contributed by atoms with Gasteiger partial charge < -0.3 is 10.1 Å². The standard InChI is InChI=1S/C22H29NO2S/c1-5-18-6-8-19(9-7-18)23-22(24)15-26-13-12-25-20-10-11-21(16(2)3)17(4)14-20/h6-11,14,16H,5,12-13,15H2,1-4H3,(H,23,24). The van der Waals surface area contributed by atoms with E-state index < -0.39 is 0 Å². The number of benzene rings is 2. The van der Waals surface area contributed by atoms with Gasteiger partial charge >= 0.3 is 0 Å². The summed E-state index contributed by atoms with van der Waals surface area (Å²) in [5, 5.41) is 2.93. The van der Waals surface area contributed by atoms with E-state index in [1.54, 1.807) is 11.8 Å². The van der Waals surface area contributed by atoms with Crippen LogP contribution in [0.5, 0.6) is 5.75 Å². The third-order valence-electron chi connectivity index (χ3n) is 4.24. The number of carbonyl (C=O) groups excluding carboxylic acids is 1. The van der Waals surface area contributed by atoms with E-state index in [1.807, 2.05) is 30.3 Å². The molecule has 0 heterocycles. The monoisotopic (exact) mass is 371 g/mol. The average molecular weight is 372 g/mol. The van der Waals surface area contributed by atoms with Crippen molar-refractivity contribution in [3.8, 4) is 5.75 Å². The number of rotatable bonds is 9. The Morgan fingerprint density at radius 3 is 2.50 bits per heavy atom. The first kappa shape index (κ1) is 20.4. The number of hydrogen-bond acceptors (Lipinski definition) is 3. The molecule has 0 atom stereocenters. The Balaban J connectivity index is 1.66. The van der Waals surface area contributed by atoms with E-state index in [4.69, 9.17) is 4.74 Å². The summed E-state index contributed by atoms with van der Waals surface area (Å²) in [5.41, 5.74) is 4.74. The molecule has 4 heteroatoms. The maximum atomic E-state index is 12.0. The van der Waals surface area contributed by atoms with E-state index in [1.165, 1.54) is 16.7 Å². The number of nitrogens with one attached hydrogen (secondary N) is 1. The van der Waals surface area contributed by atoms with Gasteiger partial charge in [0.05, 0.1) is 12.4 Å². The molecule has 140 valence electrons. The Hall–Kier alpha value is -1.94. The molecule has 0 aliphatic heterocycles. The molecule has 1 amide bonds. The zero-order valence-electron chi connectivity index (χ0n) is 16.2. The number of aryl methyl sites for hydroxylation is 2. The summed E-state index contributed by atoms with van der Waals surface area (Å²) < 4.78 is 5.79. The Morgan fingerprint density at radius 2 is 1.88 bits per heavy atom. The fourth-order valence-electron chi connectivity index (χ4n) is 2.79. The van der Waals surface area contributed by atoms with Gasteiger partial charge in [-0.25, -0.2) is 0 Å². The van der Waals surface area contributed by atoms with E-state index in [9.17, 15) is 4.79 Å². The summed E-state index contributed by atoms with van der Waals surface area (Å²) >= 11 is 1.58. The predicted octanol–water partition coefficient (Wildman–Crippen LogP) is 5.43. The van der Waals surface area contributed by atoms with Crippen LogP contribution in [0.2, 0.25) is 0 Å². The number of amides is 1. The molecule has 2 aromatic carbocycles. The van der Waals surface area contributed by atoms with Crippen molar-refractivity contribution in [2.24, 2.45) is 0 Å². The third-order valence-corrected chi connectivity index (χ3v) is 5.16. The fraction of sp³-hybridized carbons (Fsp3) is 0.409. The van der Waals surface area contributed by atoms with Crippen LogP contribution in [0.25, 0.3) is 0 Å². The largest absolute Gasteiger partial charge is 0.493 e. The molecule has 0 bridgehead atoms. The SMILES string of the molecule is CCc1ccc(NC(=O)CSCCOc2ccc(C(C)C)c(C)c2)cc1. The second-order valence-electron chi connectivity index (χ2n) is 6.67. The summed E-state index contributed by atoms with van der Waals surface area (Å²) in [7, 11) is 0. The van der Waals surface area contributed by atoms with Crippen LogP contribution in [0, 0.1) is 6.92 Å². The number of hydrogen-bond donors (Lipinski definition) is 1. The highest BCUT2D eigenvalue weighted by molar-refractivity contribution is 7.99. The van der Waals surface area contributed by atoms with Crippen LogP contribution < -0.4 is 10.1 Å². The van der Waals surface area contributed by atoms with Crippen LogP contribution in [-0.2, 0) is 11.2 Å². The molecule has 0 fully saturated rings. The van der Waals surface area contributed by atoms with Crippen molar-refractivity contribution in [1.82, 2.24) is 0 Å². The molecule has 0 radical (unpaired) electrons. The summed E-state index contributed by atoms with van der Waals surface area (Å²) in [4.78, 5) is 12.0. The van der Waals surface area contributed by atoms with Crippen molar-refractivity contribution in [2.45, 2.75) is 40.0 Å². The van der Waals surface area contributed by atoms with Gasteiger partial charge in [0.25, 0.3) is 0 Å². The lowest BCUT2D eigenvalue weighted by atomic mass is 9.98. The van der Waals surface area contributed by atoms with Gasteiger partial charge in [0.15, 0.2) is 0 Å². The van der Waals surface area contributed by atoms with Crippen LogP contribution in [0.3, 0.4) is 0 Å². The smallest absolute Gasteiger partial charge is 0.234 e. The second-order valence-corrected chi connectivity index (χ2v) is 7.78. The van der Waals surface area contributed by atoms with Crippen molar-refractivity contribution >= 4 is 23.4 Å². The number of ether oxygens (including phenoxy) is 1. The van der Waals surface area contributed by atoms with E-state index in [0.29, 0.717) is 18.3 Å². The minimum Gasteiger partial charge on any atom is -0.493 e. The maximum Gasteiger partial charge on any atom is 0.234 e. The summed E-state index contributed by atoms with van der Waals surface area (Å²) in [6, 6.07) is 14.2. The van der Waals surface area contributed by atoms with Crippen LogP contribution >= 0.6 is 11.8 Å². The highest BCUT2D eigenvalue weighted by Gasteiger charge is 2.06. The maximum absolute atomic E-state index is 12.0. The first-order valence-corrected chi connectivity index (χ1v) is 10.3. The molecule has 0 saturated carbocycles. The lowest BCUT2D eigenvalue weighted by molar-refractivity contribution is -0.113. The van der Waals surface area contributed by atoms with E-state index in [2.05, 4.69) is 45.1 Å². The molecule has 0 saturated heterocycles. The van der Waals surface area contributed by atoms with Gasteiger partial charge in [-0.05, 0) is 60.2 Å². The van der Waals surface area contributed by atoms with Gasteiger partial charge in [-0.3, -0.25) is 4.79 Å². The fourth-order valence-corrected chi connectivity index (χ4v) is 3.39. The Bertz CT molecular complexity index is 711. The predicted molar refractivity (Wildman–Crippen MR) is 113 cm³/mol. The molecule has 0 aromatic heterocycles. The molecule has 0 aliphatic rings.